The molecule has 0 heterocycles. The predicted molar refractivity (Wildman–Crippen MR) is 48.2 cm³/mol. The quantitative estimate of drug-likeness (QED) is 0.658. The Morgan fingerprint density at radius 3 is 1.92 bits per heavy atom. The molecule has 0 spiro atoms. The first-order valence-corrected chi connectivity index (χ1v) is 5.03. The lowest BCUT2D eigenvalue weighted by atomic mass is 9.65. The number of methoxy groups -OCH3 is 2. The van der Waals surface area contributed by atoms with Gasteiger partial charge in [-0.15, -0.1) is 0 Å². The molecule has 3 rings (SSSR count). The molecular weight excluding hydrogens is 168 g/mol. The molecule has 0 aliphatic heterocycles. The van der Waals surface area contributed by atoms with E-state index in [2.05, 4.69) is 0 Å². The second kappa shape index (κ2) is 3.23. The Bertz CT molecular complexity index is 177. The molecule has 1 unspecified atom stereocenters. The summed E-state index contributed by atoms with van der Waals surface area (Å²) in [7, 11) is 3.26. The van der Waals surface area contributed by atoms with Crippen LogP contribution in [0.3, 0.4) is 0 Å². The van der Waals surface area contributed by atoms with Crippen molar-refractivity contribution in [2.75, 3.05) is 14.2 Å². The third-order valence-corrected chi connectivity index (χ3v) is 3.84. The third-order valence-electron chi connectivity index (χ3n) is 3.84. The Balaban J connectivity index is 2.25. The van der Waals surface area contributed by atoms with Crippen LogP contribution in [0.1, 0.15) is 25.7 Å². The minimum atomic E-state index is -0.707. The molecule has 0 aromatic heterocycles. The molecule has 3 saturated carbocycles. The highest BCUT2D eigenvalue weighted by Gasteiger charge is 2.55. The number of hydrogen-bond donors (Lipinski definition) is 1. The number of aliphatic hydroxyl groups is 1. The Kier molecular flexibility index (Phi) is 2.34. The van der Waals surface area contributed by atoms with E-state index >= 15 is 0 Å². The zero-order valence-electron chi connectivity index (χ0n) is 8.32. The normalized spacial score (nSPS) is 42.2. The van der Waals surface area contributed by atoms with Crippen molar-refractivity contribution in [1.82, 2.24) is 0 Å². The van der Waals surface area contributed by atoms with Crippen molar-refractivity contribution in [3.63, 3.8) is 0 Å². The van der Waals surface area contributed by atoms with Crippen LogP contribution < -0.4 is 0 Å². The Labute approximate surface area is 79.0 Å². The van der Waals surface area contributed by atoms with E-state index in [1.165, 1.54) is 0 Å². The summed E-state index contributed by atoms with van der Waals surface area (Å²) in [6.07, 6.45) is 4.07. The summed E-state index contributed by atoms with van der Waals surface area (Å²) in [5, 5.41) is 10.1. The standard InChI is InChI=1S/C10H18O3/c1-12-10(13-2)8-5-3-7(4-6-8)9(10)11/h7-9,11H,3-6H2,1-2H3. The first-order valence-electron chi connectivity index (χ1n) is 5.03. The second-order valence-electron chi connectivity index (χ2n) is 4.19. The number of fused-ring (bicyclic) bond motifs is 3. The van der Waals surface area contributed by atoms with E-state index in [-0.39, 0.29) is 0 Å². The molecule has 76 valence electrons. The van der Waals surface area contributed by atoms with Crippen LogP contribution in [0.15, 0.2) is 0 Å². The largest absolute Gasteiger partial charge is 0.387 e. The zero-order valence-corrected chi connectivity index (χ0v) is 8.32. The maximum absolute atomic E-state index is 10.1. The number of aliphatic hydroxyl groups excluding tert-OH is 1. The lowest BCUT2D eigenvalue weighted by Gasteiger charge is -2.52. The van der Waals surface area contributed by atoms with Gasteiger partial charge in [-0.2, -0.15) is 0 Å². The van der Waals surface area contributed by atoms with Gasteiger partial charge >= 0.3 is 0 Å². The molecule has 3 fully saturated rings. The van der Waals surface area contributed by atoms with Gasteiger partial charge in [0.25, 0.3) is 0 Å². The fourth-order valence-corrected chi connectivity index (χ4v) is 3.07. The summed E-state index contributed by atoms with van der Waals surface area (Å²) in [5.74, 6) is 0.0497. The minimum absolute atomic E-state index is 0.377. The van der Waals surface area contributed by atoms with E-state index in [4.69, 9.17) is 9.47 Å². The molecule has 1 atom stereocenters. The summed E-state index contributed by atoms with van der Waals surface area (Å²) >= 11 is 0. The molecule has 0 radical (unpaired) electrons. The van der Waals surface area contributed by atoms with Crippen LogP contribution in [0.25, 0.3) is 0 Å². The first kappa shape index (κ1) is 9.44. The van der Waals surface area contributed by atoms with Gasteiger partial charge in [0.05, 0.1) is 0 Å². The van der Waals surface area contributed by atoms with Gasteiger partial charge in [0.2, 0.25) is 0 Å². The monoisotopic (exact) mass is 186 g/mol. The molecular formula is C10H18O3. The van der Waals surface area contributed by atoms with E-state index < -0.39 is 11.9 Å². The Morgan fingerprint density at radius 2 is 1.62 bits per heavy atom. The van der Waals surface area contributed by atoms with Crippen molar-refractivity contribution in [3.8, 4) is 0 Å². The molecule has 0 aromatic carbocycles. The van der Waals surface area contributed by atoms with Crippen molar-refractivity contribution in [2.45, 2.75) is 37.6 Å². The zero-order chi connectivity index (χ0) is 9.47. The summed E-state index contributed by atoms with van der Waals surface area (Å²) in [5.41, 5.74) is 0. The Morgan fingerprint density at radius 1 is 1.08 bits per heavy atom. The molecule has 0 aromatic rings. The van der Waals surface area contributed by atoms with Crippen LogP contribution >= 0.6 is 0 Å². The molecule has 0 saturated heterocycles. The highest BCUT2D eigenvalue weighted by atomic mass is 16.7. The smallest absolute Gasteiger partial charge is 0.197 e. The highest BCUT2D eigenvalue weighted by Crippen LogP contribution is 2.49. The van der Waals surface area contributed by atoms with Crippen LogP contribution in [0.5, 0.6) is 0 Å². The van der Waals surface area contributed by atoms with Gasteiger partial charge in [-0.05, 0) is 31.6 Å². The van der Waals surface area contributed by atoms with Gasteiger partial charge in [0.15, 0.2) is 5.79 Å². The van der Waals surface area contributed by atoms with Gasteiger partial charge in [-0.1, -0.05) is 0 Å². The Hall–Kier alpha value is -0.120. The summed E-state index contributed by atoms with van der Waals surface area (Å²) in [6.45, 7) is 0. The van der Waals surface area contributed by atoms with Crippen LogP contribution in [-0.2, 0) is 9.47 Å². The lowest BCUT2D eigenvalue weighted by molar-refractivity contribution is -0.326. The second-order valence-corrected chi connectivity index (χ2v) is 4.19. The predicted octanol–water partition coefficient (Wildman–Crippen LogP) is 1.16. The minimum Gasteiger partial charge on any atom is -0.387 e. The average molecular weight is 186 g/mol. The lowest BCUT2D eigenvalue weighted by Crippen LogP contribution is -2.60. The molecule has 1 N–H and O–H groups in total. The van der Waals surface area contributed by atoms with Gasteiger partial charge in [-0.3, -0.25) is 0 Å². The van der Waals surface area contributed by atoms with Crippen LogP contribution in [0.4, 0.5) is 0 Å². The highest BCUT2D eigenvalue weighted by molar-refractivity contribution is 4.99. The fraction of sp³-hybridized carbons (Fsp3) is 1.00. The van der Waals surface area contributed by atoms with Crippen molar-refractivity contribution >= 4 is 0 Å². The van der Waals surface area contributed by atoms with Gasteiger partial charge in [-0.25, -0.2) is 0 Å². The number of rotatable bonds is 2. The SMILES string of the molecule is COC1(OC)C2CCC(CC2)C1O. The topological polar surface area (TPSA) is 38.7 Å². The van der Waals surface area contributed by atoms with E-state index in [1.807, 2.05) is 0 Å². The maximum atomic E-state index is 10.1. The van der Waals surface area contributed by atoms with Gasteiger partial charge in [0, 0.05) is 20.1 Å². The molecule has 3 heteroatoms. The number of hydrogen-bond acceptors (Lipinski definition) is 3. The summed E-state index contributed by atoms with van der Waals surface area (Å²) in [4.78, 5) is 0. The number of ether oxygens (including phenoxy) is 2. The van der Waals surface area contributed by atoms with Crippen molar-refractivity contribution in [1.29, 1.82) is 0 Å². The van der Waals surface area contributed by atoms with Crippen molar-refractivity contribution in [2.24, 2.45) is 11.8 Å². The van der Waals surface area contributed by atoms with E-state index in [1.54, 1.807) is 14.2 Å². The molecule has 2 bridgehead atoms. The van der Waals surface area contributed by atoms with E-state index in [0.29, 0.717) is 11.8 Å². The summed E-state index contributed by atoms with van der Waals surface area (Å²) in [6, 6.07) is 0. The van der Waals surface area contributed by atoms with Gasteiger partial charge < -0.3 is 14.6 Å². The first-order chi connectivity index (χ1) is 6.24. The maximum Gasteiger partial charge on any atom is 0.197 e. The van der Waals surface area contributed by atoms with Crippen LogP contribution in [-0.4, -0.2) is 31.2 Å². The third kappa shape index (κ3) is 1.14. The summed E-state index contributed by atoms with van der Waals surface area (Å²) < 4.78 is 10.8. The van der Waals surface area contributed by atoms with Crippen molar-refractivity contribution in [3.05, 3.63) is 0 Å². The average Bonchev–Trinajstić information content (AvgIpc) is 2.21. The molecule has 13 heavy (non-hydrogen) atoms. The van der Waals surface area contributed by atoms with Crippen LogP contribution in [0.2, 0.25) is 0 Å². The fourth-order valence-electron chi connectivity index (χ4n) is 3.07. The molecule has 3 aliphatic carbocycles. The molecule has 3 aliphatic rings. The molecule has 3 nitrogen and oxygen atoms in total. The van der Waals surface area contributed by atoms with E-state index in [9.17, 15) is 5.11 Å². The van der Waals surface area contributed by atoms with Gasteiger partial charge in [0.1, 0.15) is 6.10 Å². The van der Waals surface area contributed by atoms with Crippen LogP contribution in [0, 0.1) is 11.8 Å². The van der Waals surface area contributed by atoms with E-state index in [0.717, 1.165) is 25.7 Å². The molecule has 0 amide bonds. The van der Waals surface area contributed by atoms with Crippen molar-refractivity contribution < 1.29 is 14.6 Å².